The Morgan fingerprint density at radius 3 is 1.90 bits per heavy atom. The Labute approximate surface area is 410 Å². The highest BCUT2D eigenvalue weighted by Crippen LogP contribution is 2.41. The van der Waals surface area contributed by atoms with Crippen molar-refractivity contribution in [2.24, 2.45) is 17.8 Å². The first-order valence-corrected chi connectivity index (χ1v) is 25.4. The smallest absolute Gasteiger partial charge is 0.320 e. The molecule has 5 atom stereocenters. The molecular weight excluding hydrogens is 877 g/mol. The zero-order valence-electron chi connectivity index (χ0n) is 41.5. The van der Waals surface area contributed by atoms with Crippen LogP contribution >= 0.6 is 0 Å². The van der Waals surface area contributed by atoms with E-state index in [1.165, 1.54) is 5.57 Å². The van der Waals surface area contributed by atoms with Gasteiger partial charge in [-0.05, 0) is 154 Å². The Morgan fingerprint density at radius 2 is 1.30 bits per heavy atom. The average Bonchev–Trinajstić information content (AvgIpc) is 3.74. The molecule has 2 saturated heterocycles. The average molecular weight is 943 g/mol. The van der Waals surface area contributed by atoms with Gasteiger partial charge in [-0.25, -0.2) is 19.6 Å². The molecule has 2 fully saturated rings. The summed E-state index contributed by atoms with van der Waals surface area (Å²) in [5.41, 5.74) is 13.8. The summed E-state index contributed by atoms with van der Waals surface area (Å²) in [4.78, 5) is 53.6. The number of hydrogen-bond donors (Lipinski definition) is 2. The molecule has 0 radical (unpaired) electrons. The maximum Gasteiger partial charge on any atom is 0.320 e. The van der Waals surface area contributed by atoms with E-state index in [4.69, 9.17) is 14.2 Å². The number of methoxy groups -OCH3 is 1. The highest BCUT2D eigenvalue weighted by molar-refractivity contribution is 5.84. The molecular formula is C57H66N8O5. The van der Waals surface area contributed by atoms with Gasteiger partial charge < -0.3 is 43.8 Å². The Morgan fingerprint density at radius 1 is 0.700 bits per heavy atom. The lowest BCUT2D eigenvalue weighted by molar-refractivity contribution is 0.00779. The molecule has 2 aromatic heterocycles. The Hall–Kier alpha value is -6.60. The Kier molecular flexibility index (Phi) is 12.4. The fourth-order valence-corrected chi connectivity index (χ4v) is 12.2. The normalized spacial score (nSPS) is 22.8. The summed E-state index contributed by atoms with van der Waals surface area (Å²) in [6, 6.07) is 21.7. The monoisotopic (exact) mass is 943 g/mol. The van der Waals surface area contributed by atoms with Crippen molar-refractivity contribution in [2.75, 3.05) is 53.0 Å². The lowest BCUT2D eigenvalue weighted by atomic mass is 9.72. The van der Waals surface area contributed by atoms with Gasteiger partial charge in [-0.1, -0.05) is 42.9 Å². The number of allylic oxidation sites excluding steroid dienone is 3. The number of imidazole rings is 2. The van der Waals surface area contributed by atoms with Crippen LogP contribution in [0.5, 0.6) is 11.5 Å². The number of likely N-dealkylation sites (tertiary alicyclic amines) is 2. The number of nitrogens with zero attached hydrogens (tertiary/aromatic N) is 6. The van der Waals surface area contributed by atoms with E-state index in [1.54, 1.807) is 0 Å². The molecule has 2 N–H and O–H groups in total. The molecule has 13 nitrogen and oxygen atoms in total. The lowest BCUT2D eigenvalue weighted by Gasteiger charge is -2.44. The number of aromatic nitrogens is 4. The van der Waals surface area contributed by atoms with Crippen LogP contribution in [0.1, 0.15) is 72.9 Å². The highest BCUT2D eigenvalue weighted by atomic mass is 16.5. The number of carbonyl (C=O) groups excluding carboxylic acids is 2. The minimum Gasteiger partial charge on any atom is -0.491 e. The van der Waals surface area contributed by atoms with Crippen molar-refractivity contribution in [3.63, 3.8) is 0 Å². The van der Waals surface area contributed by atoms with Gasteiger partial charge in [0.25, 0.3) is 0 Å². The third kappa shape index (κ3) is 8.82. The van der Waals surface area contributed by atoms with Crippen LogP contribution in [0.2, 0.25) is 0 Å². The lowest BCUT2D eigenvalue weighted by Crippen LogP contribution is -2.53. The molecule has 11 rings (SSSR count). The summed E-state index contributed by atoms with van der Waals surface area (Å²) in [6.07, 6.45) is 11.6. The van der Waals surface area contributed by atoms with Gasteiger partial charge in [0.1, 0.15) is 36.4 Å². The predicted octanol–water partition coefficient (Wildman–Crippen LogP) is 10.7. The Bertz CT molecular complexity index is 3040. The van der Waals surface area contributed by atoms with Gasteiger partial charge in [0, 0.05) is 49.8 Å². The molecule has 4 amide bonds. The molecule has 4 aliphatic heterocycles. The number of piperidine rings is 2. The first-order valence-electron chi connectivity index (χ1n) is 25.4. The van der Waals surface area contributed by atoms with Crippen LogP contribution in [-0.4, -0.2) is 117 Å². The van der Waals surface area contributed by atoms with Crippen molar-refractivity contribution < 1.29 is 23.8 Å². The largest absolute Gasteiger partial charge is 0.491 e. The second-order valence-corrected chi connectivity index (χ2v) is 20.5. The number of amides is 4. The number of benzene rings is 4. The molecule has 0 spiro atoms. The van der Waals surface area contributed by atoms with Crippen LogP contribution in [0.25, 0.3) is 44.3 Å². The predicted molar refractivity (Wildman–Crippen MR) is 274 cm³/mol. The van der Waals surface area contributed by atoms with Crippen molar-refractivity contribution in [3.05, 3.63) is 118 Å². The van der Waals surface area contributed by atoms with E-state index in [2.05, 4.69) is 124 Å². The van der Waals surface area contributed by atoms with Crippen molar-refractivity contribution in [2.45, 2.75) is 92.0 Å². The Balaban J connectivity index is 0.770. The molecule has 364 valence electrons. The minimum atomic E-state index is 0.00177. The zero-order chi connectivity index (χ0) is 48.2. The first-order chi connectivity index (χ1) is 34.0. The number of nitrogens with one attached hydrogen (secondary N) is 2. The maximum absolute atomic E-state index is 14.8. The number of fused-ring (bicyclic) bond motifs is 4. The number of carbonyl (C=O) groups is 2. The van der Waals surface area contributed by atoms with Crippen LogP contribution < -0.4 is 9.47 Å². The van der Waals surface area contributed by atoms with E-state index in [0.717, 1.165) is 128 Å². The summed E-state index contributed by atoms with van der Waals surface area (Å²) in [7, 11) is 1.81. The highest BCUT2D eigenvalue weighted by Gasteiger charge is 2.41. The minimum absolute atomic E-state index is 0.00177. The van der Waals surface area contributed by atoms with Crippen LogP contribution in [0, 0.1) is 45.4 Å². The first kappa shape index (κ1) is 45.8. The number of hydrogen-bond acceptors (Lipinski definition) is 7. The number of aromatic amines is 2. The van der Waals surface area contributed by atoms with Gasteiger partial charge in [-0.3, -0.25) is 0 Å². The molecule has 5 unspecified atom stereocenters. The van der Waals surface area contributed by atoms with Crippen LogP contribution in [0.4, 0.5) is 9.59 Å². The number of ether oxygens (including phenoxy) is 3. The van der Waals surface area contributed by atoms with E-state index in [-0.39, 0.29) is 42.0 Å². The molecule has 1 aliphatic carbocycles. The van der Waals surface area contributed by atoms with Gasteiger partial charge in [0.15, 0.2) is 0 Å². The molecule has 70 heavy (non-hydrogen) atoms. The standard InChI is InChI=1S/C57H66N8O5/c1-34-24-42(40-13-15-49-51(29-40)60-37(4)58-49)26-44-31-63(20-22-69-54(34)44)56(66)62-19-17-53(68-6)48(33-62)47-12-9-10-39(36(47)3)28-46-11-7-8-18-65(46)57(67)64-21-23-70-55-35(2)25-43(27-45(55)32-64)41-14-16-50-52(30-41)61-38(5)59-50/h9-10,12-16,24-27,29-30,36,39,46,48,53H,7-8,11,17-23,28,31-33H2,1-6H3,(H,58,60)(H,59,61). The van der Waals surface area contributed by atoms with Crippen molar-refractivity contribution >= 4 is 34.1 Å². The van der Waals surface area contributed by atoms with Crippen LogP contribution in [-0.2, 0) is 17.8 Å². The second-order valence-electron chi connectivity index (χ2n) is 20.5. The van der Waals surface area contributed by atoms with Gasteiger partial charge in [0.05, 0.1) is 54.3 Å². The van der Waals surface area contributed by atoms with Gasteiger partial charge in [0.2, 0.25) is 0 Å². The van der Waals surface area contributed by atoms with Crippen LogP contribution in [0.3, 0.4) is 0 Å². The number of urea groups is 2. The molecule has 4 aromatic carbocycles. The molecule has 13 heteroatoms. The van der Waals surface area contributed by atoms with Crippen molar-refractivity contribution in [1.29, 1.82) is 0 Å². The SMILES string of the molecule is COC1CCN(C(=O)N2CCOc3c(C)cc(-c4ccc5nc(C)[nH]c5c4)cc3C2)CC1C1=CC=CC(CC2CCCCN2C(=O)N2CCOc3c(C)cc(-c4ccc5nc(C)[nH]c5c4)cc3C2)C1C. The number of aryl methyl sites for hydroxylation is 4. The molecule has 6 aromatic rings. The second kappa shape index (κ2) is 19.0. The van der Waals surface area contributed by atoms with Gasteiger partial charge >= 0.3 is 12.1 Å². The topological polar surface area (TPSA) is 132 Å². The summed E-state index contributed by atoms with van der Waals surface area (Å²) in [5.74, 6) is 4.05. The van der Waals surface area contributed by atoms with E-state index in [9.17, 15) is 9.59 Å². The number of H-pyrrole nitrogens is 2. The molecule has 6 heterocycles. The van der Waals surface area contributed by atoms with E-state index < -0.39 is 0 Å². The third-order valence-electron chi connectivity index (χ3n) is 15.8. The van der Waals surface area contributed by atoms with Gasteiger partial charge in [-0.2, -0.15) is 0 Å². The molecule has 0 saturated carbocycles. The fraction of sp³-hybridized carbons (Fsp3) is 0.439. The van der Waals surface area contributed by atoms with Crippen molar-refractivity contribution in [1.82, 2.24) is 39.5 Å². The van der Waals surface area contributed by atoms with Crippen LogP contribution in [0.15, 0.2) is 84.5 Å². The third-order valence-corrected chi connectivity index (χ3v) is 15.8. The van der Waals surface area contributed by atoms with Gasteiger partial charge in [-0.15, -0.1) is 0 Å². The maximum atomic E-state index is 14.8. The quantitative estimate of drug-likeness (QED) is 0.170. The summed E-state index contributed by atoms with van der Waals surface area (Å²) >= 11 is 0. The van der Waals surface area contributed by atoms with Crippen molar-refractivity contribution in [3.8, 4) is 33.8 Å². The fourth-order valence-electron chi connectivity index (χ4n) is 12.2. The number of rotatable bonds is 6. The van der Waals surface area contributed by atoms with E-state index in [0.29, 0.717) is 52.5 Å². The van der Waals surface area contributed by atoms with E-state index in [1.807, 2.05) is 35.7 Å². The summed E-state index contributed by atoms with van der Waals surface area (Å²) in [6.45, 7) is 15.4. The molecule has 0 bridgehead atoms. The molecule has 5 aliphatic rings. The summed E-state index contributed by atoms with van der Waals surface area (Å²) in [5, 5.41) is 0. The van der Waals surface area contributed by atoms with E-state index >= 15 is 0 Å². The summed E-state index contributed by atoms with van der Waals surface area (Å²) < 4.78 is 19.0. The zero-order valence-corrected chi connectivity index (χ0v) is 41.5.